The summed E-state index contributed by atoms with van der Waals surface area (Å²) in [6, 6.07) is 9.99. The number of hydrogen-bond acceptors (Lipinski definition) is 3. The molecule has 0 radical (unpaired) electrons. The third kappa shape index (κ3) is 4.65. The molecule has 2 aromatic rings. The average Bonchev–Trinajstić information content (AvgIpc) is 2.41. The van der Waals surface area contributed by atoms with E-state index in [1.807, 2.05) is 18.2 Å². The van der Waals surface area contributed by atoms with Crippen molar-refractivity contribution in [1.82, 2.24) is 10.3 Å². The topological polar surface area (TPSA) is 34.1 Å². The van der Waals surface area contributed by atoms with Crippen LogP contribution in [0.1, 0.15) is 18.9 Å². The highest BCUT2D eigenvalue weighted by molar-refractivity contribution is 9.10. The standard InChI is InChI=1S/C15H17BrN2O/c1-2-7-17-9-12-3-5-14(6-4-12)19-15-8-13(16)10-18-11-15/h3-6,8,10-11,17H,2,7,9H2,1H3. The van der Waals surface area contributed by atoms with Crippen LogP contribution in [-0.4, -0.2) is 11.5 Å². The van der Waals surface area contributed by atoms with E-state index in [0.717, 1.165) is 35.5 Å². The van der Waals surface area contributed by atoms with E-state index in [4.69, 9.17) is 4.74 Å². The Kier molecular flexibility index (Phi) is 5.36. The zero-order chi connectivity index (χ0) is 13.5. The van der Waals surface area contributed by atoms with E-state index in [-0.39, 0.29) is 0 Å². The van der Waals surface area contributed by atoms with Gasteiger partial charge in [-0.3, -0.25) is 4.98 Å². The van der Waals surface area contributed by atoms with E-state index in [1.165, 1.54) is 5.56 Å². The van der Waals surface area contributed by atoms with Crippen LogP contribution < -0.4 is 10.1 Å². The lowest BCUT2D eigenvalue weighted by atomic mass is 10.2. The molecule has 3 nitrogen and oxygen atoms in total. The van der Waals surface area contributed by atoms with Crippen molar-refractivity contribution in [2.45, 2.75) is 19.9 Å². The van der Waals surface area contributed by atoms with Gasteiger partial charge in [0, 0.05) is 17.2 Å². The van der Waals surface area contributed by atoms with E-state index < -0.39 is 0 Å². The number of nitrogens with one attached hydrogen (secondary N) is 1. The Morgan fingerprint density at radius 3 is 2.63 bits per heavy atom. The van der Waals surface area contributed by atoms with Crippen molar-refractivity contribution in [3.63, 3.8) is 0 Å². The minimum atomic E-state index is 0.728. The predicted molar refractivity (Wildman–Crippen MR) is 80.5 cm³/mol. The van der Waals surface area contributed by atoms with Crippen molar-refractivity contribution in [2.75, 3.05) is 6.54 Å². The highest BCUT2D eigenvalue weighted by atomic mass is 79.9. The molecule has 1 aromatic heterocycles. The summed E-state index contributed by atoms with van der Waals surface area (Å²) in [6.07, 6.45) is 4.58. The van der Waals surface area contributed by atoms with Crippen molar-refractivity contribution < 1.29 is 4.74 Å². The SMILES string of the molecule is CCCNCc1ccc(Oc2cncc(Br)c2)cc1. The number of ether oxygens (including phenoxy) is 1. The van der Waals surface area contributed by atoms with Gasteiger partial charge in [0.15, 0.2) is 0 Å². The van der Waals surface area contributed by atoms with Gasteiger partial charge < -0.3 is 10.1 Å². The monoisotopic (exact) mass is 320 g/mol. The lowest BCUT2D eigenvalue weighted by Gasteiger charge is -2.07. The minimum Gasteiger partial charge on any atom is -0.456 e. The Bertz CT molecular complexity index is 514. The van der Waals surface area contributed by atoms with Crippen LogP contribution in [0.3, 0.4) is 0 Å². The van der Waals surface area contributed by atoms with Crippen molar-refractivity contribution >= 4 is 15.9 Å². The van der Waals surface area contributed by atoms with E-state index in [9.17, 15) is 0 Å². The first kappa shape index (κ1) is 14.0. The molecule has 0 spiro atoms. The molecule has 4 heteroatoms. The number of halogens is 1. The third-order valence-electron chi connectivity index (χ3n) is 2.59. The number of hydrogen-bond donors (Lipinski definition) is 1. The smallest absolute Gasteiger partial charge is 0.146 e. The van der Waals surface area contributed by atoms with Gasteiger partial charge in [0.25, 0.3) is 0 Å². The lowest BCUT2D eigenvalue weighted by Crippen LogP contribution is -2.13. The molecule has 1 heterocycles. The van der Waals surface area contributed by atoms with E-state index in [2.05, 4.69) is 45.3 Å². The van der Waals surface area contributed by atoms with Gasteiger partial charge in [0.1, 0.15) is 11.5 Å². The molecule has 0 aliphatic rings. The summed E-state index contributed by atoms with van der Waals surface area (Å²) in [5.74, 6) is 1.55. The van der Waals surface area contributed by atoms with Crippen LogP contribution in [-0.2, 0) is 6.54 Å². The van der Waals surface area contributed by atoms with Crippen LogP contribution >= 0.6 is 15.9 Å². The molecular weight excluding hydrogens is 304 g/mol. The van der Waals surface area contributed by atoms with Gasteiger partial charge in [-0.15, -0.1) is 0 Å². The van der Waals surface area contributed by atoms with E-state index in [1.54, 1.807) is 12.4 Å². The fourth-order valence-corrected chi connectivity index (χ4v) is 2.01. The van der Waals surface area contributed by atoms with Crippen LogP contribution in [0.2, 0.25) is 0 Å². The van der Waals surface area contributed by atoms with Gasteiger partial charge in [-0.2, -0.15) is 0 Å². The van der Waals surface area contributed by atoms with Crippen LogP contribution in [0, 0.1) is 0 Å². The van der Waals surface area contributed by atoms with Crippen LogP contribution in [0.25, 0.3) is 0 Å². The fraction of sp³-hybridized carbons (Fsp3) is 0.267. The van der Waals surface area contributed by atoms with E-state index >= 15 is 0 Å². The van der Waals surface area contributed by atoms with Crippen LogP contribution in [0.5, 0.6) is 11.5 Å². The molecule has 0 saturated heterocycles. The molecule has 0 unspecified atom stereocenters. The number of benzene rings is 1. The summed E-state index contributed by atoms with van der Waals surface area (Å²) in [6.45, 7) is 4.10. The Balaban J connectivity index is 1.95. The highest BCUT2D eigenvalue weighted by Crippen LogP contribution is 2.23. The first-order valence-electron chi connectivity index (χ1n) is 6.36. The molecule has 100 valence electrons. The quantitative estimate of drug-likeness (QED) is 0.812. The second-order valence-electron chi connectivity index (χ2n) is 4.26. The number of rotatable bonds is 6. The molecule has 1 N–H and O–H groups in total. The maximum Gasteiger partial charge on any atom is 0.146 e. The maximum absolute atomic E-state index is 5.73. The first-order chi connectivity index (χ1) is 9.28. The fourth-order valence-electron chi connectivity index (χ4n) is 1.67. The molecule has 0 amide bonds. The largest absolute Gasteiger partial charge is 0.456 e. The molecule has 0 aliphatic carbocycles. The van der Waals surface area contributed by atoms with Crippen molar-refractivity contribution in [2.24, 2.45) is 0 Å². The van der Waals surface area contributed by atoms with Crippen LogP contribution in [0.4, 0.5) is 0 Å². The molecule has 0 fully saturated rings. The lowest BCUT2D eigenvalue weighted by molar-refractivity contribution is 0.479. The average molecular weight is 321 g/mol. The molecule has 1 aromatic carbocycles. The first-order valence-corrected chi connectivity index (χ1v) is 7.15. The Labute approximate surface area is 122 Å². The maximum atomic E-state index is 5.73. The second-order valence-corrected chi connectivity index (χ2v) is 5.18. The number of nitrogens with zero attached hydrogens (tertiary/aromatic N) is 1. The second kappa shape index (κ2) is 7.26. The van der Waals surface area contributed by atoms with Crippen molar-refractivity contribution in [3.8, 4) is 11.5 Å². The summed E-state index contributed by atoms with van der Waals surface area (Å²) >= 11 is 3.37. The van der Waals surface area contributed by atoms with Crippen molar-refractivity contribution in [1.29, 1.82) is 0 Å². The van der Waals surface area contributed by atoms with Gasteiger partial charge in [-0.05, 0) is 52.7 Å². The summed E-state index contributed by atoms with van der Waals surface area (Å²) in [5, 5.41) is 3.37. The van der Waals surface area contributed by atoms with Crippen molar-refractivity contribution in [3.05, 3.63) is 52.8 Å². The van der Waals surface area contributed by atoms with Gasteiger partial charge in [0.2, 0.25) is 0 Å². The third-order valence-corrected chi connectivity index (χ3v) is 3.03. The highest BCUT2D eigenvalue weighted by Gasteiger charge is 1.99. The summed E-state index contributed by atoms with van der Waals surface area (Å²) in [4.78, 5) is 4.07. The Morgan fingerprint density at radius 1 is 1.16 bits per heavy atom. The predicted octanol–water partition coefficient (Wildman–Crippen LogP) is 4.14. The Hall–Kier alpha value is -1.39. The molecular formula is C15H17BrN2O. The zero-order valence-corrected chi connectivity index (χ0v) is 12.5. The molecule has 0 bridgehead atoms. The number of pyridine rings is 1. The summed E-state index contributed by atoms with van der Waals surface area (Å²) in [7, 11) is 0. The molecule has 19 heavy (non-hydrogen) atoms. The van der Waals surface area contributed by atoms with E-state index in [0.29, 0.717) is 0 Å². The summed E-state index contributed by atoms with van der Waals surface area (Å²) < 4.78 is 6.63. The minimum absolute atomic E-state index is 0.728. The molecule has 0 atom stereocenters. The molecule has 2 rings (SSSR count). The molecule has 0 saturated carbocycles. The molecule has 0 aliphatic heterocycles. The van der Waals surface area contributed by atoms with Gasteiger partial charge in [-0.1, -0.05) is 19.1 Å². The number of aromatic nitrogens is 1. The zero-order valence-electron chi connectivity index (χ0n) is 10.9. The van der Waals surface area contributed by atoms with Gasteiger partial charge >= 0.3 is 0 Å². The summed E-state index contributed by atoms with van der Waals surface area (Å²) in [5.41, 5.74) is 1.26. The van der Waals surface area contributed by atoms with Gasteiger partial charge in [-0.25, -0.2) is 0 Å². The Morgan fingerprint density at radius 2 is 1.95 bits per heavy atom. The van der Waals surface area contributed by atoms with Crippen LogP contribution in [0.15, 0.2) is 47.2 Å². The van der Waals surface area contributed by atoms with Gasteiger partial charge in [0.05, 0.1) is 6.20 Å². The normalized spacial score (nSPS) is 10.4.